The van der Waals surface area contributed by atoms with Crippen LogP contribution in [0.3, 0.4) is 0 Å². The van der Waals surface area contributed by atoms with E-state index >= 15 is 0 Å². The van der Waals surface area contributed by atoms with Crippen LogP contribution >= 0.6 is 23.3 Å². The lowest BCUT2D eigenvalue weighted by Gasteiger charge is -2.06. The number of hydrogen-bond donors (Lipinski definition) is 1. The highest BCUT2D eigenvalue weighted by Gasteiger charge is 2.18. The van der Waals surface area contributed by atoms with E-state index in [1.54, 1.807) is 19.1 Å². The van der Waals surface area contributed by atoms with Crippen molar-refractivity contribution in [2.75, 3.05) is 0 Å². The monoisotopic (exact) mass is 311 g/mol. The number of nitro groups is 1. The summed E-state index contributed by atoms with van der Waals surface area (Å²) in [6.45, 7) is 3.53. The van der Waals surface area contributed by atoms with Crippen molar-refractivity contribution in [3.63, 3.8) is 0 Å². The molecule has 8 heteroatoms. The van der Waals surface area contributed by atoms with E-state index in [0.29, 0.717) is 14.8 Å². The molecule has 0 unspecified atom stereocenters. The van der Waals surface area contributed by atoms with Crippen molar-refractivity contribution < 1.29 is 10.0 Å². The largest absolute Gasteiger partial charge is 0.389 e. The Morgan fingerprint density at radius 1 is 1.55 bits per heavy atom. The van der Waals surface area contributed by atoms with Gasteiger partial charge in [0, 0.05) is 12.5 Å². The third-order valence-electron chi connectivity index (χ3n) is 2.63. The fraction of sp³-hybridized carbons (Fsp3) is 0.333. The molecule has 1 heterocycles. The molecule has 1 aromatic carbocycles. The number of aliphatic hydroxyl groups excluding tert-OH is 1. The molecule has 2 rings (SSSR count). The fourth-order valence-corrected chi connectivity index (χ4v) is 3.28. The highest BCUT2D eigenvalue weighted by Crippen LogP contribution is 2.36. The van der Waals surface area contributed by atoms with Crippen LogP contribution in [0.5, 0.6) is 0 Å². The summed E-state index contributed by atoms with van der Waals surface area (Å²) < 4.78 is 4.83. The molecule has 0 spiro atoms. The minimum absolute atomic E-state index is 0.0263. The second-order valence-corrected chi connectivity index (χ2v) is 6.13. The molecule has 0 radical (unpaired) electrons. The standard InChI is InChI=1S/C12H13N3O3S2/c1-3-11-13-12(20-14-11)19-10-5-4-8(7(2)16)6-9(10)15(17)18/h4-7,16H,3H2,1-2H3/t7-/m0/s1. The topological polar surface area (TPSA) is 89.2 Å². The Morgan fingerprint density at radius 2 is 2.30 bits per heavy atom. The molecule has 0 aliphatic rings. The molecular weight excluding hydrogens is 298 g/mol. The number of benzene rings is 1. The van der Waals surface area contributed by atoms with Crippen molar-refractivity contribution in [1.29, 1.82) is 0 Å². The summed E-state index contributed by atoms with van der Waals surface area (Å²) in [4.78, 5) is 15.5. The van der Waals surface area contributed by atoms with Crippen LogP contribution < -0.4 is 0 Å². The van der Waals surface area contributed by atoms with Gasteiger partial charge in [0.05, 0.1) is 15.9 Å². The second-order valence-electron chi connectivity index (χ2n) is 4.09. The average molecular weight is 311 g/mol. The van der Waals surface area contributed by atoms with Gasteiger partial charge >= 0.3 is 0 Å². The first-order valence-electron chi connectivity index (χ1n) is 5.98. The SMILES string of the molecule is CCc1nsc(Sc2ccc([C@H](C)O)cc2[N+](=O)[O-])n1. The third-order valence-corrected chi connectivity index (χ3v) is 4.48. The summed E-state index contributed by atoms with van der Waals surface area (Å²) in [6, 6.07) is 4.72. The molecule has 0 aliphatic heterocycles. The summed E-state index contributed by atoms with van der Waals surface area (Å²) in [5.41, 5.74) is 0.495. The Bertz CT molecular complexity index is 628. The van der Waals surface area contributed by atoms with Crippen LogP contribution in [0, 0.1) is 10.1 Å². The second kappa shape index (κ2) is 6.29. The van der Waals surface area contributed by atoms with Gasteiger partial charge in [-0.2, -0.15) is 4.37 Å². The maximum atomic E-state index is 11.1. The van der Waals surface area contributed by atoms with Crippen molar-refractivity contribution >= 4 is 29.0 Å². The summed E-state index contributed by atoms with van der Waals surface area (Å²) in [5.74, 6) is 0.737. The Kier molecular flexibility index (Phi) is 4.69. The number of aromatic nitrogens is 2. The zero-order chi connectivity index (χ0) is 14.7. The van der Waals surface area contributed by atoms with E-state index in [-0.39, 0.29) is 5.69 Å². The number of aliphatic hydroxyl groups is 1. The van der Waals surface area contributed by atoms with Gasteiger partial charge in [-0.15, -0.1) is 0 Å². The smallest absolute Gasteiger partial charge is 0.283 e. The van der Waals surface area contributed by atoms with Gasteiger partial charge in [-0.25, -0.2) is 4.98 Å². The van der Waals surface area contributed by atoms with Crippen LogP contribution in [0.25, 0.3) is 0 Å². The van der Waals surface area contributed by atoms with E-state index in [9.17, 15) is 15.2 Å². The van der Waals surface area contributed by atoms with E-state index in [0.717, 1.165) is 12.2 Å². The first kappa shape index (κ1) is 14.9. The van der Waals surface area contributed by atoms with Crippen molar-refractivity contribution in [2.45, 2.75) is 35.6 Å². The summed E-state index contributed by atoms with van der Waals surface area (Å²) in [5, 5.41) is 20.6. The Labute approximate surface area is 124 Å². The van der Waals surface area contributed by atoms with Crippen LogP contribution in [0.4, 0.5) is 5.69 Å². The van der Waals surface area contributed by atoms with Crippen LogP contribution in [0.1, 0.15) is 31.3 Å². The molecule has 0 saturated heterocycles. The van der Waals surface area contributed by atoms with Crippen LogP contribution in [-0.2, 0) is 6.42 Å². The van der Waals surface area contributed by atoms with Gasteiger partial charge in [-0.3, -0.25) is 10.1 Å². The van der Waals surface area contributed by atoms with Crippen LogP contribution in [0.15, 0.2) is 27.4 Å². The molecule has 20 heavy (non-hydrogen) atoms. The van der Waals surface area contributed by atoms with E-state index in [1.165, 1.54) is 29.4 Å². The zero-order valence-electron chi connectivity index (χ0n) is 10.9. The molecule has 106 valence electrons. The molecule has 6 nitrogen and oxygen atoms in total. The molecule has 1 N–H and O–H groups in total. The zero-order valence-corrected chi connectivity index (χ0v) is 12.6. The highest BCUT2D eigenvalue weighted by molar-refractivity contribution is 8.01. The van der Waals surface area contributed by atoms with Crippen LogP contribution in [0.2, 0.25) is 0 Å². The van der Waals surface area contributed by atoms with E-state index in [2.05, 4.69) is 9.36 Å². The van der Waals surface area contributed by atoms with Gasteiger partial charge in [0.1, 0.15) is 5.82 Å². The molecule has 1 atom stereocenters. The minimum atomic E-state index is -0.735. The highest BCUT2D eigenvalue weighted by atomic mass is 32.2. The van der Waals surface area contributed by atoms with Crippen molar-refractivity contribution in [3.8, 4) is 0 Å². The minimum Gasteiger partial charge on any atom is -0.389 e. The van der Waals surface area contributed by atoms with Gasteiger partial charge < -0.3 is 5.11 Å². The van der Waals surface area contributed by atoms with Gasteiger partial charge in [0.15, 0.2) is 4.34 Å². The Morgan fingerprint density at radius 3 is 2.85 bits per heavy atom. The predicted molar refractivity (Wildman–Crippen MR) is 77.1 cm³/mol. The number of aryl methyl sites for hydroxylation is 1. The van der Waals surface area contributed by atoms with E-state index < -0.39 is 11.0 Å². The molecule has 0 amide bonds. The van der Waals surface area contributed by atoms with Gasteiger partial charge in [-0.1, -0.05) is 24.8 Å². The van der Waals surface area contributed by atoms with Gasteiger partial charge in [0.25, 0.3) is 5.69 Å². The maximum Gasteiger partial charge on any atom is 0.283 e. The molecule has 0 saturated carbocycles. The number of rotatable bonds is 5. The lowest BCUT2D eigenvalue weighted by atomic mass is 10.1. The number of nitrogens with zero attached hydrogens (tertiary/aromatic N) is 3. The van der Waals surface area contributed by atoms with E-state index in [1.807, 2.05) is 6.92 Å². The normalized spacial score (nSPS) is 12.3. The van der Waals surface area contributed by atoms with Crippen molar-refractivity contribution in [1.82, 2.24) is 9.36 Å². The van der Waals surface area contributed by atoms with Crippen LogP contribution in [-0.4, -0.2) is 19.4 Å². The maximum absolute atomic E-state index is 11.1. The molecule has 0 bridgehead atoms. The molecular formula is C12H13N3O3S2. The van der Waals surface area contributed by atoms with Gasteiger partial charge in [-0.05, 0) is 30.1 Å². The number of hydrogen-bond acceptors (Lipinski definition) is 7. The molecule has 1 aromatic heterocycles. The molecule has 0 fully saturated rings. The summed E-state index contributed by atoms with van der Waals surface area (Å²) in [6.07, 6.45) is 0.00102. The molecule has 0 aliphatic carbocycles. The Hall–Kier alpha value is -1.51. The Balaban J connectivity index is 2.33. The predicted octanol–water partition coefficient (Wildman–Crippen LogP) is 3.21. The quantitative estimate of drug-likeness (QED) is 0.673. The van der Waals surface area contributed by atoms with Crippen molar-refractivity contribution in [2.24, 2.45) is 0 Å². The third kappa shape index (κ3) is 3.33. The average Bonchev–Trinajstić information content (AvgIpc) is 2.86. The summed E-state index contributed by atoms with van der Waals surface area (Å²) >= 11 is 2.45. The number of nitro benzene ring substituents is 1. The first-order chi connectivity index (χ1) is 9.51. The first-order valence-corrected chi connectivity index (χ1v) is 7.57. The lowest BCUT2D eigenvalue weighted by Crippen LogP contribution is -1.96. The van der Waals surface area contributed by atoms with Gasteiger partial charge in [0.2, 0.25) is 0 Å². The fourth-order valence-electron chi connectivity index (χ4n) is 1.54. The van der Waals surface area contributed by atoms with Crippen molar-refractivity contribution in [3.05, 3.63) is 39.7 Å². The lowest BCUT2D eigenvalue weighted by molar-refractivity contribution is -0.387. The van der Waals surface area contributed by atoms with E-state index in [4.69, 9.17) is 0 Å². The molecule has 2 aromatic rings. The summed E-state index contributed by atoms with van der Waals surface area (Å²) in [7, 11) is 0.